The van der Waals surface area contributed by atoms with Gasteiger partial charge in [-0.05, 0) is 57.2 Å². The second-order valence-electron chi connectivity index (χ2n) is 4.99. The first-order valence-corrected chi connectivity index (χ1v) is 5.43. The molecule has 1 heteroatoms. The van der Waals surface area contributed by atoms with Crippen LogP contribution in [0.2, 0.25) is 0 Å². The Morgan fingerprint density at radius 1 is 1.25 bits per heavy atom. The Bertz CT molecular complexity index is 141. The van der Waals surface area contributed by atoms with Gasteiger partial charge in [0, 0.05) is 0 Å². The molecule has 2 fully saturated rings. The Morgan fingerprint density at radius 3 is 2.33 bits per heavy atom. The molecule has 0 radical (unpaired) electrons. The van der Waals surface area contributed by atoms with E-state index in [9.17, 15) is 0 Å². The zero-order chi connectivity index (χ0) is 8.60. The summed E-state index contributed by atoms with van der Waals surface area (Å²) < 4.78 is 0. The van der Waals surface area contributed by atoms with Crippen LogP contribution in [-0.2, 0) is 0 Å². The molecular formula is C11H21N. The minimum absolute atomic E-state index is 0.813. The fraction of sp³-hybridized carbons (Fsp3) is 1.00. The van der Waals surface area contributed by atoms with Gasteiger partial charge >= 0.3 is 0 Å². The molecule has 0 unspecified atom stereocenters. The summed E-state index contributed by atoms with van der Waals surface area (Å²) in [6.45, 7) is 5.03. The molecule has 1 aliphatic carbocycles. The van der Waals surface area contributed by atoms with Gasteiger partial charge in [-0.2, -0.15) is 0 Å². The van der Waals surface area contributed by atoms with Crippen molar-refractivity contribution in [2.24, 2.45) is 11.3 Å². The molecule has 0 atom stereocenters. The zero-order valence-electron chi connectivity index (χ0n) is 8.47. The third-order valence-corrected chi connectivity index (χ3v) is 4.07. The maximum absolute atomic E-state index is 2.48. The average molecular weight is 167 g/mol. The van der Waals surface area contributed by atoms with E-state index in [2.05, 4.69) is 18.9 Å². The Kier molecular flexibility index (Phi) is 2.16. The minimum Gasteiger partial charge on any atom is -0.306 e. The maximum atomic E-state index is 2.48. The Morgan fingerprint density at radius 2 is 1.83 bits per heavy atom. The summed E-state index contributed by atoms with van der Waals surface area (Å²) in [4.78, 5) is 2.48. The van der Waals surface area contributed by atoms with E-state index in [-0.39, 0.29) is 0 Å². The van der Waals surface area contributed by atoms with Gasteiger partial charge in [0.1, 0.15) is 0 Å². The molecule has 1 saturated carbocycles. The summed E-state index contributed by atoms with van der Waals surface area (Å²) >= 11 is 0. The third-order valence-electron chi connectivity index (χ3n) is 4.07. The van der Waals surface area contributed by atoms with E-state index in [0.717, 1.165) is 11.3 Å². The van der Waals surface area contributed by atoms with E-state index >= 15 is 0 Å². The Labute approximate surface area is 76.1 Å². The van der Waals surface area contributed by atoms with Gasteiger partial charge in [0.25, 0.3) is 0 Å². The smallest absolute Gasteiger partial charge is 0.00165 e. The molecule has 0 aromatic heterocycles. The SMILES string of the molecule is CCC1CC2(CCN(C)CC2)C1. The van der Waals surface area contributed by atoms with Gasteiger partial charge in [0.05, 0.1) is 0 Å². The van der Waals surface area contributed by atoms with Crippen molar-refractivity contribution in [1.82, 2.24) is 4.90 Å². The van der Waals surface area contributed by atoms with Gasteiger partial charge in [-0.1, -0.05) is 13.3 Å². The van der Waals surface area contributed by atoms with Gasteiger partial charge < -0.3 is 4.90 Å². The molecule has 0 amide bonds. The first-order chi connectivity index (χ1) is 5.74. The van der Waals surface area contributed by atoms with Crippen molar-refractivity contribution in [2.45, 2.75) is 39.0 Å². The normalized spacial score (nSPS) is 30.5. The fourth-order valence-corrected chi connectivity index (χ4v) is 2.95. The summed E-state index contributed by atoms with van der Waals surface area (Å²) in [5.41, 5.74) is 0.813. The van der Waals surface area contributed by atoms with Crippen LogP contribution in [0.3, 0.4) is 0 Å². The molecule has 0 aromatic rings. The number of hydrogen-bond acceptors (Lipinski definition) is 1. The topological polar surface area (TPSA) is 3.24 Å². The highest BCUT2D eigenvalue weighted by atomic mass is 15.1. The van der Waals surface area contributed by atoms with E-state index in [4.69, 9.17) is 0 Å². The summed E-state index contributed by atoms with van der Waals surface area (Å²) in [6.07, 6.45) is 7.44. The van der Waals surface area contributed by atoms with Crippen molar-refractivity contribution >= 4 is 0 Å². The lowest BCUT2D eigenvalue weighted by Crippen LogP contribution is -2.45. The molecule has 70 valence electrons. The van der Waals surface area contributed by atoms with E-state index in [1.165, 1.54) is 45.2 Å². The average Bonchev–Trinajstić information content (AvgIpc) is 2.02. The van der Waals surface area contributed by atoms with Crippen molar-refractivity contribution in [3.05, 3.63) is 0 Å². The van der Waals surface area contributed by atoms with E-state index in [1.54, 1.807) is 0 Å². The molecule has 12 heavy (non-hydrogen) atoms. The summed E-state index contributed by atoms with van der Waals surface area (Å²) in [7, 11) is 2.25. The van der Waals surface area contributed by atoms with Crippen LogP contribution < -0.4 is 0 Å². The van der Waals surface area contributed by atoms with Crippen LogP contribution in [-0.4, -0.2) is 25.0 Å². The van der Waals surface area contributed by atoms with Crippen molar-refractivity contribution in [1.29, 1.82) is 0 Å². The number of piperidine rings is 1. The quantitative estimate of drug-likeness (QED) is 0.580. The van der Waals surface area contributed by atoms with Gasteiger partial charge in [-0.25, -0.2) is 0 Å². The summed E-state index contributed by atoms with van der Waals surface area (Å²) in [5.74, 6) is 1.08. The number of likely N-dealkylation sites (tertiary alicyclic amines) is 1. The molecule has 2 aliphatic rings. The minimum atomic E-state index is 0.813. The predicted molar refractivity (Wildman–Crippen MR) is 52.2 cm³/mol. The van der Waals surface area contributed by atoms with Crippen molar-refractivity contribution in [3.63, 3.8) is 0 Å². The van der Waals surface area contributed by atoms with Crippen LogP contribution in [0.1, 0.15) is 39.0 Å². The molecule has 0 aromatic carbocycles. The lowest BCUT2D eigenvalue weighted by atomic mass is 9.57. The van der Waals surface area contributed by atoms with E-state index < -0.39 is 0 Å². The molecule has 1 saturated heterocycles. The van der Waals surface area contributed by atoms with Gasteiger partial charge in [0.2, 0.25) is 0 Å². The van der Waals surface area contributed by atoms with Crippen molar-refractivity contribution < 1.29 is 0 Å². The van der Waals surface area contributed by atoms with Gasteiger partial charge in [-0.15, -0.1) is 0 Å². The second-order valence-corrected chi connectivity index (χ2v) is 4.99. The first-order valence-electron chi connectivity index (χ1n) is 5.43. The Balaban J connectivity index is 1.83. The molecule has 1 heterocycles. The zero-order valence-corrected chi connectivity index (χ0v) is 8.47. The third kappa shape index (κ3) is 1.39. The number of hydrogen-bond donors (Lipinski definition) is 0. The highest BCUT2D eigenvalue weighted by Crippen LogP contribution is 2.53. The second kappa shape index (κ2) is 3.02. The fourth-order valence-electron chi connectivity index (χ4n) is 2.95. The molecule has 2 rings (SSSR count). The van der Waals surface area contributed by atoms with Crippen molar-refractivity contribution in [2.75, 3.05) is 20.1 Å². The van der Waals surface area contributed by atoms with E-state index in [0.29, 0.717) is 0 Å². The largest absolute Gasteiger partial charge is 0.306 e. The Hall–Kier alpha value is -0.0400. The van der Waals surface area contributed by atoms with Crippen LogP contribution >= 0.6 is 0 Å². The summed E-state index contributed by atoms with van der Waals surface area (Å²) in [5, 5.41) is 0. The van der Waals surface area contributed by atoms with Crippen LogP contribution in [0.5, 0.6) is 0 Å². The van der Waals surface area contributed by atoms with Crippen LogP contribution in [0.15, 0.2) is 0 Å². The van der Waals surface area contributed by atoms with Crippen LogP contribution in [0.4, 0.5) is 0 Å². The lowest BCUT2D eigenvalue weighted by Gasteiger charge is -2.52. The molecule has 1 spiro atoms. The maximum Gasteiger partial charge on any atom is -0.00165 e. The highest BCUT2D eigenvalue weighted by Gasteiger charge is 2.44. The predicted octanol–water partition coefficient (Wildman–Crippen LogP) is 2.52. The van der Waals surface area contributed by atoms with Crippen LogP contribution in [0.25, 0.3) is 0 Å². The van der Waals surface area contributed by atoms with Crippen molar-refractivity contribution in [3.8, 4) is 0 Å². The summed E-state index contributed by atoms with van der Waals surface area (Å²) in [6, 6.07) is 0. The first kappa shape index (κ1) is 8.55. The highest BCUT2D eigenvalue weighted by molar-refractivity contribution is 4.95. The van der Waals surface area contributed by atoms with Gasteiger partial charge in [-0.3, -0.25) is 0 Å². The standard InChI is InChI=1S/C11H21N/c1-3-10-8-11(9-10)4-6-12(2)7-5-11/h10H,3-9H2,1-2H3. The number of rotatable bonds is 1. The molecule has 0 N–H and O–H groups in total. The number of nitrogens with zero attached hydrogens (tertiary/aromatic N) is 1. The van der Waals surface area contributed by atoms with E-state index in [1.807, 2.05) is 0 Å². The molecule has 0 bridgehead atoms. The molecular weight excluding hydrogens is 146 g/mol. The lowest BCUT2D eigenvalue weighted by molar-refractivity contribution is -0.00807. The molecule has 1 nitrogen and oxygen atoms in total. The van der Waals surface area contributed by atoms with Gasteiger partial charge in [0.15, 0.2) is 0 Å². The van der Waals surface area contributed by atoms with Crippen LogP contribution in [0, 0.1) is 11.3 Å². The monoisotopic (exact) mass is 167 g/mol. The molecule has 1 aliphatic heterocycles.